The van der Waals surface area contributed by atoms with Crippen LogP contribution < -0.4 is 5.73 Å². The lowest BCUT2D eigenvalue weighted by Gasteiger charge is -2.19. The molecule has 0 spiro atoms. The first-order valence-corrected chi connectivity index (χ1v) is 6.08. The largest absolute Gasteiger partial charge is 0.399 e. The van der Waals surface area contributed by atoms with Crippen molar-refractivity contribution in [3.63, 3.8) is 0 Å². The second-order valence-electron chi connectivity index (χ2n) is 4.87. The van der Waals surface area contributed by atoms with E-state index in [1.54, 1.807) is 4.90 Å². The van der Waals surface area contributed by atoms with Gasteiger partial charge in [0.25, 0.3) is 0 Å². The van der Waals surface area contributed by atoms with Gasteiger partial charge in [-0.1, -0.05) is 32.0 Å². The highest BCUT2D eigenvalue weighted by Crippen LogP contribution is 2.13. The number of aryl methyl sites for hydroxylation is 1. The zero-order valence-electron chi connectivity index (χ0n) is 10.9. The Balaban J connectivity index is 2.46. The van der Waals surface area contributed by atoms with Crippen LogP contribution in [0.25, 0.3) is 0 Å². The van der Waals surface area contributed by atoms with Crippen LogP contribution in [-0.2, 0) is 11.2 Å². The lowest BCUT2D eigenvalue weighted by Crippen LogP contribution is -2.30. The Hall–Kier alpha value is -1.51. The summed E-state index contributed by atoms with van der Waals surface area (Å²) in [6.45, 7) is 5.03. The summed E-state index contributed by atoms with van der Waals surface area (Å²) < 4.78 is 0. The highest BCUT2D eigenvalue weighted by Gasteiger charge is 2.10. The molecule has 1 aromatic carbocycles. The van der Waals surface area contributed by atoms with Gasteiger partial charge < -0.3 is 10.6 Å². The molecule has 0 unspecified atom stereocenters. The fraction of sp³-hybridized carbons (Fsp3) is 0.500. The van der Waals surface area contributed by atoms with Gasteiger partial charge in [0.05, 0.1) is 0 Å². The van der Waals surface area contributed by atoms with Crippen molar-refractivity contribution in [1.29, 1.82) is 0 Å². The van der Waals surface area contributed by atoms with E-state index in [1.807, 2.05) is 31.3 Å². The number of hydrogen-bond donors (Lipinski definition) is 1. The molecule has 0 saturated heterocycles. The molecule has 1 amide bonds. The number of carbonyl (C=O) groups is 1. The Morgan fingerprint density at radius 2 is 2.00 bits per heavy atom. The van der Waals surface area contributed by atoms with Gasteiger partial charge in [-0.15, -0.1) is 0 Å². The maximum Gasteiger partial charge on any atom is 0.222 e. The summed E-state index contributed by atoms with van der Waals surface area (Å²) in [5.74, 6) is 0.688. The molecular weight excluding hydrogens is 212 g/mol. The summed E-state index contributed by atoms with van der Waals surface area (Å²) in [5.41, 5.74) is 7.66. The van der Waals surface area contributed by atoms with E-state index in [1.165, 1.54) is 0 Å². The molecule has 3 nitrogen and oxygen atoms in total. The summed E-state index contributed by atoms with van der Waals surface area (Å²) in [4.78, 5) is 13.6. The van der Waals surface area contributed by atoms with E-state index in [9.17, 15) is 4.79 Å². The number of rotatable bonds is 5. The highest BCUT2D eigenvalue weighted by molar-refractivity contribution is 5.76. The quantitative estimate of drug-likeness (QED) is 0.795. The van der Waals surface area contributed by atoms with Crippen molar-refractivity contribution in [2.24, 2.45) is 5.92 Å². The molecule has 2 N–H and O–H groups in total. The maximum atomic E-state index is 11.8. The average Bonchev–Trinajstić information content (AvgIpc) is 2.26. The lowest BCUT2D eigenvalue weighted by atomic mass is 10.1. The monoisotopic (exact) mass is 234 g/mol. The molecule has 94 valence electrons. The van der Waals surface area contributed by atoms with Gasteiger partial charge in [-0.3, -0.25) is 4.79 Å². The zero-order valence-corrected chi connectivity index (χ0v) is 10.9. The second-order valence-corrected chi connectivity index (χ2v) is 4.87. The molecule has 0 fully saturated rings. The lowest BCUT2D eigenvalue weighted by molar-refractivity contribution is -0.130. The average molecular weight is 234 g/mol. The molecule has 0 saturated carbocycles. The van der Waals surface area contributed by atoms with Gasteiger partial charge in [0.15, 0.2) is 0 Å². The Morgan fingerprint density at radius 1 is 1.35 bits per heavy atom. The van der Waals surface area contributed by atoms with E-state index in [2.05, 4.69) is 13.8 Å². The van der Waals surface area contributed by atoms with Gasteiger partial charge in [0.2, 0.25) is 5.91 Å². The number of nitrogens with zero attached hydrogens (tertiary/aromatic N) is 1. The van der Waals surface area contributed by atoms with Gasteiger partial charge in [0, 0.05) is 25.7 Å². The second kappa shape index (κ2) is 6.28. The van der Waals surface area contributed by atoms with Crippen molar-refractivity contribution >= 4 is 11.6 Å². The SMILES string of the molecule is CC(C)CN(C)C(=O)CCc1ccccc1N. The molecule has 0 aliphatic rings. The third kappa shape index (κ3) is 4.47. The minimum absolute atomic E-state index is 0.182. The molecule has 0 radical (unpaired) electrons. The number of nitrogens with two attached hydrogens (primary N) is 1. The van der Waals surface area contributed by atoms with Crippen molar-refractivity contribution in [2.45, 2.75) is 26.7 Å². The molecule has 0 atom stereocenters. The van der Waals surface area contributed by atoms with Crippen LogP contribution in [0.1, 0.15) is 25.8 Å². The summed E-state index contributed by atoms with van der Waals surface area (Å²) in [6.07, 6.45) is 1.24. The molecule has 1 aromatic rings. The number of anilines is 1. The van der Waals surface area contributed by atoms with Gasteiger partial charge >= 0.3 is 0 Å². The first kappa shape index (κ1) is 13.6. The number of hydrogen-bond acceptors (Lipinski definition) is 2. The Kier molecular flexibility index (Phi) is 5.01. The van der Waals surface area contributed by atoms with Gasteiger partial charge in [0.1, 0.15) is 0 Å². The van der Waals surface area contributed by atoms with Crippen molar-refractivity contribution in [1.82, 2.24) is 4.90 Å². The van der Waals surface area contributed by atoms with Crippen molar-refractivity contribution in [3.8, 4) is 0 Å². The normalized spacial score (nSPS) is 10.6. The molecule has 17 heavy (non-hydrogen) atoms. The Morgan fingerprint density at radius 3 is 2.59 bits per heavy atom. The molecule has 0 aliphatic heterocycles. The number of para-hydroxylation sites is 1. The third-order valence-corrected chi connectivity index (χ3v) is 2.73. The van der Waals surface area contributed by atoms with Crippen LogP contribution >= 0.6 is 0 Å². The van der Waals surface area contributed by atoms with Crippen molar-refractivity contribution in [2.75, 3.05) is 19.3 Å². The molecule has 0 bridgehead atoms. The summed E-state index contributed by atoms with van der Waals surface area (Å²) in [5, 5.41) is 0. The van der Waals surface area contributed by atoms with E-state index >= 15 is 0 Å². The van der Waals surface area contributed by atoms with E-state index in [0.717, 1.165) is 17.8 Å². The maximum absolute atomic E-state index is 11.8. The number of amides is 1. The first-order chi connectivity index (χ1) is 8.00. The number of nitrogen functional groups attached to an aromatic ring is 1. The molecule has 3 heteroatoms. The summed E-state index contributed by atoms with van der Waals surface area (Å²) in [7, 11) is 1.86. The molecule has 1 rings (SSSR count). The van der Waals surface area contributed by atoms with Crippen LogP contribution in [0.3, 0.4) is 0 Å². The van der Waals surface area contributed by atoms with Crippen LogP contribution in [0.4, 0.5) is 5.69 Å². The minimum atomic E-state index is 0.182. The van der Waals surface area contributed by atoms with E-state index in [-0.39, 0.29) is 5.91 Å². The predicted octanol–water partition coefficient (Wildman–Crippen LogP) is 2.32. The van der Waals surface area contributed by atoms with E-state index < -0.39 is 0 Å². The fourth-order valence-electron chi connectivity index (χ4n) is 1.84. The van der Waals surface area contributed by atoms with Crippen molar-refractivity contribution < 1.29 is 4.79 Å². The number of carbonyl (C=O) groups excluding carboxylic acids is 1. The predicted molar refractivity (Wildman–Crippen MR) is 71.7 cm³/mol. The summed E-state index contributed by atoms with van der Waals surface area (Å²) >= 11 is 0. The van der Waals surface area contributed by atoms with Crippen molar-refractivity contribution in [3.05, 3.63) is 29.8 Å². The van der Waals surface area contributed by atoms with E-state index in [0.29, 0.717) is 18.8 Å². The minimum Gasteiger partial charge on any atom is -0.399 e. The molecule has 0 aliphatic carbocycles. The molecule has 0 aromatic heterocycles. The Labute approximate surface area is 104 Å². The fourth-order valence-corrected chi connectivity index (χ4v) is 1.84. The van der Waals surface area contributed by atoms with Gasteiger partial charge in [-0.25, -0.2) is 0 Å². The first-order valence-electron chi connectivity index (χ1n) is 6.08. The van der Waals surface area contributed by atoms with Crippen LogP contribution in [-0.4, -0.2) is 24.4 Å². The van der Waals surface area contributed by atoms with Gasteiger partial charge in [-0.05, 0) is 24.0 Å². The van der Waals surface area contributed by atoms with Crippen LogP contribution in [0.2, 0.25) is 0 Å². The van der Waals surface area contributed by atoms with Crippen LogP contribution in [0.15, 0.2) is 24.3 Å². The third-order valence-electron chi connectivity index (χ3n) is 2.73. The standard InChI is InChI=1S/C14H22N2O/c1-11(2)10-16(3)14(17)9-8-12-6-4-5-7-13(12)15/h4-7,11H,8-10,15H2,1-3H3. The topological polar surface area (TPSA) is 46.3 Å². The van der Waals surface area contributed by atoms with E-state index in [4.69, 9.17) is 5.73 Å². The van der Waals surface area contributed by atoms with Gasteiger partial charge in [-0.2, -0.15) is 0 Å². The number of benzene rings is 1. The molecule has 0 heterocycles. The van der Waals surface area contributed by atoms with Crippen LogP contribution in [0, 0.1) is 5.92 Å². The summed E-state index contributed by atoms with van der Waals surface area (Å²) in [6, 6.07) is 7.71. The molecular formula is C14H22N2O. The Bertz CT molecular complexity index is 374. The smallest absolute Gasteiger partial charge is 0.222 e. The van der Waals surface area contributed by atoms with Crippen LogP contribution in [0.5, 0.6) is 0 Å². The zero-order chi connectivity index (χ0) is 12.8. The highest BCUT2D eigenvalue weighted by atomic mass is 16.2.